The highest BCUT2D eigenvalue weighted by atomic mass is 16.2. The third-order valence-corrected chi connectivity index (χ3v) is 4.70. The average Bonchev–Trinajstić information content (AvgIpc) is 3.07. The van der Waals surface area contributed by atoms with Gasteiger partial charge in [0.05, 0.1) is 12.7 Å². The monoisotopic (exact) mass is 342 g/mol. The van der Waals surface area contributed by atoms with Crippen LogP contribution in [0.15, 0.2) is 12.3 Å². The van der Waals surface area contributed by atoms with E-state index in [1.807, 2.05) is 19.9 Å². The number of aryl methyl sites for hydroxylation is 3. The van der Waals surface area contributed by atoms with E-state index in [2.05, 4.69) is 25.6 Å². The number of hydrogen-bond donors (Lipinski definition) is 1. The van der Waals surface area contributed by atoms with Gasteiger partial charge in [0.2, 0.25) is 0 Å². The third kappa shape index (κ3) is 5.08. The molecular weight excluding hydrogens is 316 g/mol. The van der Waals surface area contributed by atoms with Crippen molar-refractivity contribution in [1.82, 2.24) is 30.3 Å². The van der Waals surface area contributed by atoms with Crippen molar-refractivity contribution in [3.63, 3.8) is 0 Å². The van der Waals surface area contributed by atoms with Crippen LogP contribution in [-0.4, -0.2) is 30.9 Å². The second-order valence-electron chi connectivity index (χ2n) is 6.91. The molecule has 7 nitrogen and oxygen atoms in total. The Labute approximate surface area is 148 Å². The lowest BCUT2D eigenvalue weighted by Gasteiger charge is -2.20. The van der Waals surface area contributed by atoms with E-state index < -0.39 is 0 Å². The van der Waals surface area contributed by atoms with E-state index in [0.29, 0.717) is 11.5 Å². The normalized spacial score (nSPS) is 15.3. The predicted octanol–water partition coefficient (Wildman–Crippen LogP) is 2.59. The zero-order chi connectivity index (χ0) is 17.6. The fraction of sp³-hybridized carbons (Fsp3) is 0.611. The topological polar surface area (TPSA) is 85.6 Å². The molecule has 7 heteroatoms. The van der Waals surface area contributed by atoms with Crippen LogP contribution >= 0.6 is 0 Å². The lowest BCUT2D eigenvalue weighted by Crippen LogP contribution is -2.24. The molecule has 0 aliphatic heterocycles. The van der Waals surface area contributed by atoms with Gasteiger partial charge in [-0.1, -0.05) is 37.3 Å². The number of carbonyl (C=O) groups is 1. The molecule has 0 saturated heterocycles. The minimum Gasteiger partial charge on any atom is -0.343 e. The maximum atomic E-state index is 12.2. The highest BCUT2D eigenvalue weighted by molar-refractivity contribution is 5.91. The van der Waals surface area contributed by atoms with Crippen molar-refractivity contribution in [2.45, 2.75) is 65.5 Å². The summed E-state index contributed by atoms with van der Waals surface area (Å²) in [7, 11) is 0. The van der Waals surface area contributed by atoms with Crippen molar-refractivity contribution < 1.29 is 4.79 Å². The summed E-state index contributed by atoms with van der Waals surface area (Å²) in [5, 5.41) is 10.9. The number of hydrogen-bond acceptors (Lipinski definition) is 5. The Morgan fingerprint density at radius 1 is 1.20 bits per heavy atom. The average molecular weight is 342 g/mol. The van der Waals surface area contributed by atoms with Gasteiger partial charge in [-0.25, -0.2) is 9.97 Å². The Balaban J connectivity index is 1.49. The van der Waals surface area contributed by atoms with Crippen LogP contribution in [-0.2, 0) is 13.1 Å². The van der Waals surface area contributed by atoms with Crippen LogP contribution in [0.4, 0.5) is 0 Å². The molecule has 1 aliphatic carbocycles. The summed E-state index contributed by atoms with van der Waals surface area (Å²) in [6.45, 7) is 4.94. The van der Waals surface area contributed by atoms with E-state index in [4.69, 9.17) is 0 Å². The molecule has 1 fully saturated rings. The molecule has 0 bridgehead atoms. The van der Waals surface area contributed by atoms with E-state index in [-0.39, 0.29) is 12.5 Å². The van der Waals surface area contributed by atoms with Crippen molar-refractivity contribution in [1.29, 1.82) is 0 Å². The van der Waals surface area contributed by atoms with E-state index in [1.165, 1.54) is 32.1 Å². The fourth-order valence-corrected chi connectivity index (χ4v) is 3.43. The molecular formula is C18H26N6O. The lowest BCUT2D eigenvalue weighted by molar-refractivity contribution is 0.0944. The van der Waals surface area contributed by atoms with Crippen LogP contribution in [0.3, 0.4) is 0 Å². The SMILES string of the molecule is Cc1cc(C)nc(CNC(=O)c2cn(CCC3CCCCC3)nn2)n1. The summed E-state index contributed by atoms with van der Waals surface area (Å²) in [5.41, 5.74) is 2.13. The quantitative estimate of drug-likeness (QED) is 0.872. The molecule has 0 aromatic carbocycles. The van der Waals surface area contributed by atoms with Crippen molar-refractivity contribution in [2.24, 2.45) is 5.92 Å². The molecule has 2 heterocycles. The molecule has 1 amide bonds. The minimum absolute atomic E-state index is 0.244. The molecule has 1 N–H and O–H groups in total. The van der Waals surface area contributed by atoms with E-state index in [0.717, 1.165) is 30.3 Å². The molecule has 25 heavy (non-hydrogen) atoms. The Kier molecular flexibility index (Phi) is 5.73. The second kappa shape index (κ2) is 8.18. The standard InChI is InChI=1S/C18H26N6O/c1-13-10-14(2)21-17(20-13)11-19-18(25)16-12-24(23-22-16)9-8-15-6-4-3-5-7-15/h10,12,15H,3-9,11H2,1-2H3,(H,19,25). The first-order chi connectivity index (χ1) is 12.1. The first-order valence-electron chi connectivity index (χ1n) is 9.09. The van der Waals surface area contributed by atoms with Gasteiger partial charge in [-0.15, -0.1) is 5.10 Å². The Morgan fingerprint density at radius 3 is 2.64 bits per heavy atom. The zero-order valence-electron chi connectivity index (χ0n) is 15.0. The minimum atomic E-state index is -0.244. The number of nitrogens with zero attached hydrogens (tertiary/aromatic N) is 5. The van der Waals surface area contributed by atoms with Gasteiger partial charge in [0, 0.05) is 17.9 Å². The molecule has 2 aromatic rings. The Morgan fingerprint density at radius 2 is 1.92 bits per heavy atom. The van der Waals surface area contributed by atoms with Crippen molar-refractivity contribution in [3.05, 3.63) is 35.2 Å². The molecule has 0 radical (unpaired) electrons. The molecule has 3 rings (SSSR count). The van der Waals surface area contributed by atoms with E-state index in [9.17, 15) is 4.79 Å². The summed E-state index contributed by atoms with van der Waals surface area (Å²) >= 11 is 0. The van der Waals surface area contributed by atoms with Crippen molar-refractivity contribution in [2.75, 3.05) is 0 Å². The first-order valence-corrected chi connectivity index (χ1v) is 9.09. The molecule has 1 saturated carbocycles. The number of aromatic nitrogens is 5. The largest absolute Gasteiger partial charge is 0.343 e. The Hall–Kier alpha value is -2.31. The number of amides is 1. The van der Waals surface area contributed by atoms with Crippen LogP contribution in [0.1, 0.15) is 66.2 Å². The summed E-state index contributed by atoms with van der Waals surface area (Å²) in [6, 6.07) is 1.91. The number of rotatable bonds is 6. The first kappa shape index (κ1) is 17.5. The number of carbonyl (C=O) groups excluding carboxylic acids is 1. The van der Waals surface area contributed by atoms with Crippen LogP contribution in [0.25, 0.3) is 0 Å². The predicted molar refractivity (Wildman–Crippen MR) is 93.9 cm³/mol. The van der Waals surface area contributed by atoms with Gasteiger partial charge in [-0.3, -0.25) is 9.48 Å². The van der Waals surface area contributed by atoms with Gasteiger partial charge < -0.3 is 5.32 Å². The van der Waals surface area contributed by atoms with Gasteiger partial charge >= 0.3 is 0 Å². The highest BCUT2D eigenvalue weighted by Crippen LogP contribution is 2.26. The summed E-state index contributed by atoms with van der Waals surface area (Å²) in [6.07, 6.45) is 9.53. The lowest BCUT2D eigenvalue weighted by atomic mass is 9.87. The molecule has 0 unspecified atom stereocenters. The van der Waals surface area contributed by atoms with Gasteiger partial charge in [0.25, 0.3) is 5.91 Å². The zero-order valence-corrected chi connectivity index (χ0v) is 15.0. The van der Waals surface area contributed by atoms with Crippen molar-refractivity contribution >= 4 is 5.91 Å². The summed E-state index contributed by atoms with van der Waals surface area (Å²) in [5.74, 6) is 1.15. The van der Waals surface area contributed by atoms with Crippen LogP contribution in [0.2, 0.25) is 0 Å². The Bertz CT molecular complexity index is 700. The van der Waals surface area contributed by atoms with Crippen LogP contribution < -0.4 is 5.32 Å². The van der Waals surface area contributed by atoms with E-state index in [1.54, 1.807) is 10.9 Å². The summed E-state index contributed by atoms with van der Waals surface area (Å²) in [4.78, 5) is 20.9. The summed E-state index contributed by atoms with van der Waals surface area (Å²) < 4.78 is 1.77. The van der Waals surface area contributed by atoms with Gasteiger partial charge in [0.15, 0.2) is 5.69 Å². The smallest absolute Gasteiger partial charge is 0.273 e. The van der Waals surface area contributed by atoms with Crippen LogP contribution in [0, 0.1) is 19.8 Å². The molecule has 0 atom stereocenters. The maximum Gasteiger partial charge on any atom is 0.273 e. The van der Waals surface area contributed by atoms with Gasteiger partial charge in [-0.05, 0) is 32.3 Å². The second-order valence-corrected chi connectivity index (χ2v) is 6.91. The van der Waals surface area contributed by atoms with Crippen molar-refractivity contribution in [3.8, 4) is 0 Å². The van der Waals surface area contributed by atoms with Gasteiger partial charge in [0.1, 0.15) is 5.82 Å². The van der Waals surface area contributed by atoms with E-state index >= 15 is 0 Å². The third-order valence-electron chi connectivity index (χ3n) is 4.70. The van der Waals surface area contributed by atoms with Gasteiger partial charge in [-0.2, -0.15) is 0 Å². The fourth-order valence-electron chi connectivity index (χ4n) is 3.43. The van der Waals surface area contributed by atoms with Crippen LogP contribution in [0.5, 0.6) is 0 Å². The maximum absolute atomic E-state index is 12.2. The molecule has 0 spiro atoms. The molecule has 134 valence electrons. The number of nitrogens with one attached hydrogen (secondary N) is 1. The highest BCUT2D eigenvalue weighted by Gasteiger charge is 2.15. The molecule has 1 aliphatic rings. The molecule has 2 aromatic heterocycles.